The van der Waals surface area contributed by atoms with Gasteiger partial charge in [-0.25, -0.2) is 0 Å². The van der Waals surface area contributed by atoms with Crippen molar-refractivity contribution in [3.63, 3.8) is 0 Å². The van der Waals surface area contributed by atoms with Gasteiger partial charge in [0.05, 0.1) is 0 Å². The first-order valence-corrected chi connectivity index (χ1v) is 6.90. The molecule has 114 valence electrons. The van der Waals surface area contributed by atoms with E-state index in [1.807, 2.05) is 31.2 Å². The molecule has 2 rings (SSSR count). The molecule has 0 aromatic heterocycles. The summed E-state index contributed by atoms with van der Waals surface area (Å²) in [6, 6.07) is 14.4. The number of carbonyl (C=O) groups excluding carboxylic acids is 2. The molecule has 0 saturated carbocycles. The normalized spacial score (nSPS) is 9.91. The predicted molar refractivity (Wildman–Crippen MR) is 86.0 cm³/mol. The number of nitrogens with one attached hydrogen (secondary N) is 2. The highest BCUT2D eigenvalue weighted by molar-refractivity contribution is 5.92. The zero-order valence-electron chi connectivity index (χ0n) is 12.6. The van der Waals surface area contributed by atoms with E-state index in [-0.39, 0.29) is 18.4 Å². The van der Waals surface area contributed by atoms with E-state index in [9.17, 15) is 9.59 Å². The van der Waals surface area contributed by atoms with E-state index in [2.05, 4.69) is 10.6 Å². The highest BCUT2D eigenvalue weighted by Crippen LogP contribution is 2.16. The number of benzene rings is 2. The maximum Gasteiger partial charge on any atom is 0.262 e. The zero-order valence-corrected chi connectivity index (χ0v) is 12.6. The van der Waals surface area contributed by atoms with E-state index < -0.39 is 0 Å². The lowest BCUT2D eigenvalue weighted by Crippen LogP contribution is -2.20. The Balaban J connectivity index is 1.84. The van der Waals surface area contributed by atoms with Gasteiger partial charge in [-0.05, 0) is 48.9 Å². The van der Waals surface area contributed by atoms with Crippen LogP contribution in [0.5, 0.6) is 5.75 Å². The van der Waals surface area contributed by atoms with Crippen molar-refractivity contribution in [2.45, 2.75) is 13.8 Å². The quantitative estimate of drug-likeness (QED) is 0.891. The standard InChI is InChI=1S/C17H18N2O3/c1-12-4-3-5-15(10-12)19-17(21)11-22-16-8-6-14(7-9-16)18-13(2)20/h3-10H,11H2,1-2H3,(H,18,20)(H,19,21). The van der Waals surface area contributed by atoms with Gasteiger partial charge in [-0.2, -0.15) is 0 Å². The topological polar surface area (TPSA) is 67.4 Å². The van der Waals surface area contributed by atoms with Gasteiger partial charge >= 0.3 is 0 Å². The Hall–Kier alpha value is -2.82. The highest BCUT2D eigenvalue weighted by atomic mass is 16.5. The second-order valence-corrected chi connectivity index (χ2v) is 4.91. The number of hydrogen-bond acceptors (Lipinski definition) is 3. The molecule has 2 amide bonds. The van der Waals surface area contributed by atoms with Gasteiger partial charge in [0.15, 0.2) is 6.61 Å². The Bertz CT molecular complexity index is 666. The Morgan fingerprint density at radius 3 is 2.36 bits per heavy atom. The summed E-state index contributed by atoms with van der Waals surface area (Å²) in [6.07, 6.45) is 0. The molecule has 0 saturated heterocycles. The van der Waals surface area contributed by atoms with Gasteiger partial charge in [0.1, 0.15) is 5.75 Å². The van der Waals surface area contributed by atoms with Crippen molar-refractivity contribution < 1.29 is 14.3 Å². The van der Waals surface area contributed by atoms with Crippen LogP contribution in [0.1, 0.15) is 12.5 Å². The minimum Gasteiger partial charge on any atom is -0.484 e. The fourth-order valence-corrected chi connectivity index (χ4v) is 1.91. The lowest BCUT2D eigenvalue weighted by atomic mass is 10.2. The Morgan fingerprint density at radius 2 is 1.73 bits per heavy atom. The van der Waals surface area contributed by atoms with Crippen molar-refractivity contribution in [2.75, 3.05) is 17.2 Å². The molecule has 5 nitrogen and oxygen atoms in total. The molecule has 22 heavy (non-hydrogen) atoms. The molecule has 0 atom stereocenters. The van der Waals surface area contributed by atoms with Crippen LogP contribution in [0, 0.1) is 6.92 Å². The van der Waals surface area contributed by atoms with E-state index in [1.54, 1.807) is 24.3 Å². The number of rotatable bonds is 5. The molecule has 5 heteroatoms. The Kier molecular flexibility index (Phi) is 5.14. The molecule has 2 N–H and O–H groups in total. The number of carbonyl (C=O) groups is 2. The largest absolute Gasteiger partial charge is 0.484 e. The number of amides is 2. The first-order chi connectivity index (χ1) is 10.5. The van der Waals surface area contributed by atoms with Gasteiger partial charge in [-0.1, -0.05) is 12.1 Å². The molecular formula is C17H18N2O3. The third kappa shape index (κ3) is 4.94. The minimum absolute atomic E-state index is 0.0760. The van der Waals surface area contributed by atoms with E-state index in [4.69, 9.17) is 4.74 Å². The van der Waals surface area contributed by atoms with Crippen molar-refractivity contribution in [1.29, 1.82) is 0 Å². The summed E-state index contributed by atoms with van der Waals surface area (Å²) in [5.74, 6) is 0.205. The van der Waals surface area contributed by atoms with Crippen LogP contribution in [-0.2, 0) is 9.59 Å². The lowest BCUT2D eigenvalue weighted by molar-refractivity contribution is -0.118. The van der Waals surface area contributed by atoms with Crippen LogP contribution >= 0.6 is 0 Å². The summed E-state index contributed by atoms with van der Waals surface area (Å²) in [5.41, 5.74) is 2.51. The van der Waals surface area contributed by atoms with E-state index >= 15 is 0 Å². The molecule has 0 aliphatic heterocycles. The molecule has 0 heterocycles. The minimum atomic E-state index is -0.225. The van der Waals surface area contributed by atoms with Crippen LogP contribution in [0.3, 0.4) is 0 Å². The average Bonchev–Trinajstić information content (AvgIpc) is 2.46. The van der Waals surface area contributed by atoms with Gasteiger partial charge < -0.3 is 15.4 Å². The summed E-state index contributed by atoms with van der Waals surface area (Å²) < 4.78 is 5.41. The summed E-state index contributed by atoms with van der Waals surface area (Å²) in [6.45, 7) is 3.33. The van der Waals surface area contributed by atoms with Crippen LogP contribution in [-0.4, -0.2) is 18.4 Å². The van der Waals surface area contributed by atoms with Crippen LogP contribution < -0.4 is 15.4 Å². The number of hydrogen-bond donors (Lipinski definition) is 2. The molecule has 0 unspecified atom stereocenters. The third-order valence-electron chi connectivity index (χ3n) is 2.85. The first kappa shape index (κ1) is 15.6. The second-order valence-electron chi connectivity index (χ2n) is 4.91. The maximum atomic E-state index is 11.8. The van der Waals surface area contributed by atoms with Crippen molar-refractivity contribution >= 4 is 23.2 Å². The molecule has 2 aromatic carbocycles. The predicted octanol–water partition coefficient (Wildman–Crippen LogP) is 2.97. The SMILES string of the molecule is CC(=O)Nc1ccc(OCC(=O)Nc2cccc(C)c2)cc1. The molecule has 0 bridgehead atoms. The second kappa shape index (κ2) is 7.26. The monoisotopic (exact) mass is 298 g/mol. The van der Waals surface area contributed by atoms with Crippen LogP contribution in [0.15, 0.2) is 48.5 Å². The van der Waals surface area contributed by atoms with Crippen molar-refractivity contribution in [3.8, 4) is 5.75 Å². The number of ether oxygens (including phenoxy) is 1. The lowest BCUT2D eigenvalue weighted by Gasteiger charge is -2.09. The molecule has 0 aliphatic rings. The smallest absolute Gasteiger partial charge is 0.262 e. The fourth-order valence-electron chi connectivity index (χ4n) is 1.91. The van der Waals surface area contributed by atoms with Gasteiger partial charge in [-0.3, -0.25) is 9.59 Å². The van der Waals surface area contributed by atoms with Crippen molar-refractivity contribution in [1.82, 2.24) is 0 Å². The number of anilines is 2. The van der Waals surface area contributed by atoms with Crippen LogP contribution in [0.25, 0.3) is 0 Å². The molecule has 2 aromatic rings. The summed E-state index contributed by atoms with van der Waals surface area (Å²) in [4.78, 5) is 22.7. The Labute approximate surface area is 129 Å². The first-order valence-electron chi connectivity index (χ1n) is 6.90. The molecule has 0 radical (unpaired) electrons. The third-order valence-corrected chi connectivity index (χ3v) is 2.85. The molecule has 0 aliphatic carbocycles. The molecule has 0 spiro atoms. The zero-order chi connectivity index (χ0) is 15.9. The van der Waals surface area contributed by atoms with Crippen LogP contribution in [0.4, 0.5) is 11.4 Å². The average molecular weight is 298 g/mol. The van der Waals surface area contributed by atoms with Gasteiger partial charge in [-0.15, -0.1) is 0 Å². The molecular weight excluding hydrogens is 280 g/mol. The van der Waals surface area contributed by atoms with Gasteiger partial charge in [0.2, 0.25) is 5.91 Å². The van der Waals surface area contributed by atoms with Crippen LogP contribution in [0.2, 0.25) is 0 Å². The van der Waals surface area contributed by atoms with E-state index in [0.29, 0.717) is 11.4 Å². The van der Waals surface area contributed by atoms with Gasteiger partial charge in [0.25, 0.3) is 5.91 Å². The van der Waals surface area contributed by atoms with Crippen molar-refractivity contribution in [2.24, 2.45) is 0 Å². The van der Waals surface area contributed by atoms with Gasteiger partial charge in [0, 0.05) is 18.3 Å². The number of aryl methyl sites for hydroxylation is 1. The summed E-state index contributed by atoms with van der Waals surface area (Å²) in [5, 5.41) is 5.43. The summed E-state index contributed by atoms with van der Waals surface area (Å²) in [7, 11) is 0. The Morgan fingerprint density at radius 1 is 1.00 bits per heavy atom. The fraction of sp³-hybridized carbons (Fsp3) is 0.176. The van der Waals surface area contributed by atoms with E-state index in [0.717, 1.165) is 11.3 Å². The van der Waals surface area contributed by atoms with E-state index in [1.165, 1.54) is 6.92 Å². The van der Waals surface area contributed by atoms with Crippen molar-refractivity contribution in [3.05, 3.63) is 54.1 Å². The maximum absolute atomic E-state index is 11.8. The summed E-state index contributed by atoms with van der Waals surface area (Å²) >= 11 is 0. The highest BCUT2D eigenvalue weighted by Gasteiger charge is 2.04. The molecule has 0 fully saturated rings.